The maximum absolute atomic E-state index is 13.6. The van der Waals surface area contributed by atoms with E-state index < -0.39 is 10.0 Å². The van der Waals surface area contributed by atoms with Crippen molar-refractivity contribution in [3.63, 3.8) is 0 Å². The van der Waals surface area contributed by atoms with E-state index in [0.717, 1.165) is 5.56 Å². The normalized spacial score (nSPS) is 13.0. The van der Waals surface area contributed by atoms with Crippen LogP contribution >= 0.6 is 11.6 Å². The number of aromatic nitrogens is 2. The summed E-state index contributed by atoms with van der Waals surface area (Å²) in [4.78, 5) is 19.8. The first kappa shape index (κ1) is 22.4. The van der Waals surface area contributed by atoms with Crippen LogP contribution in [0.15, 0.2) is 70.6 Å². The Hall–Kier alpha value is -3.40. The molecule has 10 heteroatoms. The number of nitrogens with zero attached hydrogens (tertiary/aromatic N) is 2. The Labute approximate surface area is 200 Å². The molecule has 0 saturated carbocycles. The van der Waals surface area contributed by atoms with Gasteiger partial charge in [-0.05, 0) is 48.4 Å². The molecule has 2 aromatic carbocycles. The molecule has 174 valence electrons. The number of sulfonamides is 1. The Morgan fingerprint density at radius 1 is 1.09 bits per heavy atom. The lowest BCUT2D eigenvalue weighted by molar-refractivity contribution is 0.174. The molecule has 0 amide bonds. The van der Waals surface area contributed by atoms with Crippen LogP contribution in [0.25, 0.3) is 10.9 Å². The molecule has 8 nitrogen and oxygen atoms in total. The molecule has 4 aromatic rings. The Kier molecular flexibility index (Phi) is 5.76. The van der Waals surface area contributed by atoms with Crippen molar-refractivity contribution in [3.8, 4) is 11.5 Å². The van der Waals surface area contributed by atoms with Gasteiger partial charge in [-0.1, -0.05) is 23.7 Å². The molecule has 0 bridgehead atoms. The number of ether oxygens (including phenoxy) is 2. The topological polar surface area (TPSA) is 102 Å². The highest BCUT2D eigenvalue weighted by molar-refractivity contribution is 7.89. The van der Waals surface area contributed by atoms with Crippen LogP contribution in [0.2, 0.25) is 5.02 Å². The van der Waals surface area contributed by atoms with E-state index in [4.69, 9.17) is 21.1 Å². The number of aryl methyl sites for hydroxylation is 1. The van der Waals surface area contributed by atoms with Crippen LogP contribution in [0.1, 0.15) is 16.7 Å². The number of rotatable bonds is 6. The van der Waals surface area contributed by atoms with Gasteiger partial charge in [0.25, 0.3) is 5.56 Å². The van der Waals surface area contributed by atoms with Crippen LogP contribution in [-0.4, -0.2) is 29.5 Å². The zero-order valence-corrected chi connectivity index (χ0v) is 19.7. The van der Waals surface area contributed by atoms with E-state index in [1.54, 1.807) is 55.7 Å². The molecule has 1 aliphatic heterocycles. The third-order valence-electron chi connectivity index (χ3n) is 5.62. The average Bonchev–Trinajstić information content (AvgIpc) is 3.27. The zero-order chi connectivity index (χ0) is 23.9. The van der Waals surface area contributed by atoms with E-state index in [2.05, 4.69) is 9.97 Å². The van der Waals surface area contributed by atoms with Crippen molar-refractivity contribution in [2.45, 2.75) is 24.9 Å². The molecule has 0 fully saturated rings. The van der Waals surface area contributed by atoms with Gasteiger partial charge in [-0.3, -0.25) is 9.78 Å². The molecular weight excluding hydrogens is 478 g/mol. The van der Waals surface area contributed by atoms with Crippen molar-refractivity contribution in [1.82, 2.24) is 14.3 Å². The summed E-state index contributed by atoms with van der Waals surface area (Å²) in [6, 6.07) is 13.2. The highest BCUT2D eigenvalue weighted by atomic mass is 35.5. The minimum Gasteiger partial charge on any atom is -0.454 e. The van der Waals surface area contributed by atoms with Crippen LogP contribution in [0.4, 0.5) is 0 Å². The van der Waals surface area contributed by atoms with Crippen molar-refractivity contribution in [1.29, 1.82) is 0 Å². The van der Waals surface area contributed by atoms with Gasteiger partial charge in [0.1, 0.15) is 0 Å². The minimum absolute atomic E-state index is 0.0281. The molecule has 2 aromatic heterocycles. The van der Waals surface area contributed by atoms with Crippen molar-refractivity contribution in [2.24, 2.45) is 0 Å². The zero-order valence-electron chi connectivity index (χ0n) is 18.1. The van der Waals surface area contributed by atoms with E-state index >= 15 is 0 Å². The van der Waals surface area contributed by atoms with Crippen LogP contribution < -0.4 is 15.0 Å². The Balaban J connectivity index is 1.57. The highest BCUT2D eigenvalue weighted by Gasteiger charge is 2.27. The quantitative estimate of drug-likeness (QED) is 0.432. The molecular formula is C24H20ClN3O5S. The summed E-state index contributed by atoms with van der Waals surface area (Å²) in [7, 11) is -3.99. The number of hydrogen-bond donors (Lipinski definition) is 1. The first-order chi connectivity index (χ1) is 16.3. The van der Waals surface area contributed by atoms with Gasteiger partial charge >= 0.3 is 0 Å². The lowest BCUT2D eigenvalue weighted by Gasteiger charge is -2.22. The summed E-state index contributed by atoms with van der Waals surface area (Å²) in [6.07, 6.45) is 3.20. The Morgan fingerprint density at radius 2 is 1.88 bits per heavy atom. The number of hydrogen-bond acceptors (Lipinski definition) is 6. The van der Waals surface area contributed by atoms with E-state index in [1.807, 2.05) is 0 Å². The fourth-order valence-corrected chi connectivity index (χ4v) is 5.43. The maximum atomic E-state index is 13.6. The van der Waals surface area contributed by atoms with Crippen molar-refractivity contribution in [2.75, 3.05) is 6.79 Å². The number of aromatic amines is 1. The first-order valence-corrected chi connectivity index (χ1v) is 12.2. The van der Waals surface area contributed by atoms with Crippen LogP contribution in [-0.2, 0) is 23.1 Å². The third-order valence-corrected chi connectivity index (χ3v) is 7.82. The summed E-state index contributed by atoms with van der Waals surface area (Å²) in [5, 5.41) is 1.05. The highest BCUT2D eigenvalue weighted by Crippen LogP contribution is 2.35. The molecule has 0 aliphatic carbocycles. The van der Waals surface area contributed by atoms with Gasteiger partial charge in [0.15, 0.2) is 11.5 Å². The van der Waals surface area contributed by atoms with E-state index in [1.165, 1.54) is 16.4 Å². The standard InChI is InChI=1S/C24H20ClN3O5S/c1-15-4-5-19(9-20(15)25)34(30,31)28(12-16-3-2-6-26-11-16)13-18-7-17-8-22-23(33-14-32-22)10-21(17)27-24(18)29/h2-11H,12-14H2,1H3,(H,27,29). The van der Waals surface area contributed by atoms with Crippen LogP contribution in [0.5, 0.6) is 11.5 Å². The van der Waals surface area contributed by atoms with E-state index in [-0.39, 0.29) is 35.9 Å². The Morgan fingerprint density at radius 3 is 2.62 bits per heavy atom. The van der Waals surface area contributed by atoms with Crippen molar-refractivity contribution < 1.29 is 17.9 Å². The predicted octanol–water partition coefficient (Wildman–Crippen LogP) is 4.00. The maximum Gasteiger partial charge on any atom is 0.252 e. The number of pyridine rings is 2. The fraction of sp³-hybridized carbons (Fsp3) is 0.167. The number of halogens is 1. The monoisotopic (exact) mass is 497 g/mol. The molecule has 3 heterocycles. The first-order valence-electron chi connectivity index (χ1n) is 10.4. The second-order valence-electron chi connectivity index (χ2n) is 7.96. The van der Waals surface area contributed by atoms with Gasteiger partial charge in [0.2, 0.25) is 16.8 Å². The molecule has 0 radical (unpaired) electrons. The predicted molar refractivity (Wildman–Crippen MR) is 128 cm³/mol. The molecule has 0 spiro atoms. The lowest BCUT2D eigenvalue weighted by atomic mass is 10.1. The van der Waals surface area contributed by atoms with Crippen molar-refractivity contribution >= 4 is 32.5 Å². The molecule has 34 heavy (non-hydrogen) atoms. The summed E-state index contributed by atoms with van der Waals surface area (Å²) < 4.78 is 39.3. The van der Waals surface area contributed by atoms with E-state index in [9.17, 15) is 13.2 Å². The van der Waals surface area contributed by atoms with Gasteiger partial charge in [0, 0.05) is 47.5 Å². The summed E-state index contributed by atoms with van der Waals surface area (Å²) in [6.45, 7) is 1.79. The molecule has 0 unspecified atom stereocenters. The largest absolute Gasteiger partial charge is 0.454 e. The van der Waals surface area contributed by atoms with Crippen molar-refractivity contribution in [3.05, 3.63) is 93.0 Å². The van der Waals surface area contributed by atoms with Gasteiger partial charge < -0.3 is 14.5 Å². The van der Waals surface area contributed by atoms with Gasteiger partial charge in [-0.25, -0.2) is 8.42 Å². The van der Waals surface area contributed by atoms with Gasteiger partial charge in [-0.15, -0.1) is 0 Å². The minimum atomic E-state index is -3.99. The summed E-state index contributed by atoms with van der Waals surface area (Å²) in [5.74, 6) is 1.12. The van der Waals surface area contributed by atoms with Crippen LogP contribution in [0, 0.1) is 6.92 Å². The lowest BCUT2D eigenvalue weighted by Crippen LogP contribution is -2.32. The summed E-state index contributed by atoms with van der Waals surface area (Å²) >= 11 is 6.21. The Bertz CT molecular complexity index is 1550. The molecule has 5 rings (SSSR count). The number of H-pyrrole nitrogens is 1. The number of fused-ring (bicyclic) bond motifs is 2. The molecule has 0 atom stereocenters. The summed E-state index contributed by atoms with van der Waals surface area (Å²) in [5.41, 5.74) is 1.93. The van der Waals surface area contributed by atoms with Gasteiger partial charge in [0.05, 0.1) is 10.4 Å². The van der Waals surface area contributed by atoms with E-state index in [0.29, 0.717) is 33.0 Å². The number of benzene rings is 2. The third kappa shape index (κ3) is 4.25. The second kappa shape index (κ2) is 8.75. The number of nitrogens with one attached hydrogen (secondary N) is 1. The smallest absolute Gasteiger partial charge is 0.252 e. The van der Waals surface area contributed by atoms with Gasteiger partial charge in [-0.2, -0.15) is 4.31 Å². The molecule has 1 aliphatic rings. The SMILES string of the molecule is Cc1ccc(S(=O)(=O)N(Cc2cccnc2)Cc2cc3cc4c(cc3[nH]c2=O)OCO4)cc1Cl. The molecule has 0 saturated heterocycles. The molecule has 1 N–H and O–H groups in total. The fourth-order valence-electron chi connectivity index (χ4n) is 3.75. The average molecular weight is 498 g/mol. The second-order valence-corrected chi connectivity index (χ2v) is 10.3. The van der Waals surface area contributed by atoms with Crippen LogP contribution in [0.3, 0.4) is 0 Å².